The number of benzene rings is 1. The molecule has 1 unspecified atom stereocenters. The molecule has 92 valence electrons. The maximum atomic E-state index is 5.80. The zero-order chi connectivity index (χ0) is 12.5. The Bertz CT molecular complexity index is 636. The zero-order valence-corrected chi connectivity index (χ0v) is 10.0. The van der Waals surface area contributed by atoms with Gasteiger partial charge in [-0.2, -0.15) is 0 Å². The Balaban J connectivity index is 2.09. The maximum Gasteiger partial charge on any atom is 0.137 e. The molecular weight excluding hydrogens is 228 g/mol. The lowest BCUT2D eigenvalue weighted by Gasteiger charge is -2.11. The summed E-state index contributed by atoms with van der Waals surface area (Å²) in [5.74, 6) is 7.14. The number of fused-ring (bicyclic) bond motifs is 1. The quantitative estimate of drug-likeness (QED) is 0.547. The van der Waals surface area contributed by atoms with Crippen molar-refractivity contribution >= 4 is 11.0 Å². The molecule has 0 saturated carbocycles. The normalized spacial score (nSPS) is 13.0. The summed E-state index contributed by atoms with van der Waals surface area (Å²) in [7, 11) is 0. The third-order valence-electron chi connectivity index (χ3n) is 3.06. The fourth-order valence-corrected chi connectivity index (χ4v) is 2.11. The minimum atomic E-state index is -0.271. The first-order valence-corrected chi connectivity index (χ1v) is 5.78. The molecule has 2 aromatic heterocycles. The number of hydrogen-bond donors (Lipinski definition) is 2. The van der Waals surface area contributed by atoms with Crippen molar-refractivity contribution < 1.29 is 8.83 Å². The summed E-state index contributed by atoms with van der Waals surface area (Å²) in [5.41, 5.74) is 4.62. The Morgan fingerprint density at radius 1 is 1.22 bits per heavy atom. The van der Waals surface area contributed by atoms with Gasteiger partial charge in [0.1, 0.15) is 23.1 Å². The summed E-state index contributed by atoms with van der Waals surface area (Å²) in [4.78, 5) is 0. The number of rotatable bonds is 3. The van der Waals surface area contributed by atoms with Crippen molar-refractivity contribution in [3.63, 3.8) is 0 Å². The van der Waals surface area contributed by atoms with Crippen LogP contribution in [0.3, 0.4) is 0 Å². The maximum absolute atomic E-state index is 5.80. The van der Waals surface area contributed by atoms with Crippen LogP contribution < -0.4 is 11.3 Å². The average Bonchev–Trinajstić information content (AvgIpc) is 2.97. The first-order chi connectivity index (χ1) is 8.79. The van der Waals surface area contributed by atoms with Gasteiger partial charge in [-0.3, -0.25) is 5.84 Å². The molecule has 3 rings (SSSR count). The van der Waals surface area contributed by atoms with Crippen LogP contribution in [0.2, 0.25) is 0 Å². The number of hydrazine groups is 1. The molecule has 18 heavy (non-hydrogen) atoms. The van der Waals surface area contributed by atoms with Gasteiger partial charge < -0.3 is 8.83 Å². The van der Waals surface area contributed by atoms with Crippen molar-refractivity contribution in [3.05, 3.63) is 59.7 Å². The second-order valence-electron chi connectivity index (χ2n) is 4.25. The van der Waals surface area contributed by atoms with E-state index < -0.39 is 0 Å². The molecule has 0 radical (unpaired) electrons. The lowest BCUT2D eigenvalue weighted by Crippen LogP contribution is -2.28. The van der Waals surface area contributed by atoms with E-state index >= 15 is 0 Å². The van der Waals surface area contributed by atoms with Gasteiger partial charge >= 0.3 is 0 Å². The van der Waals surface area contributed by atoms with Crippen LogP contribution in [0.25, 0.3) is 11.0 Å². The Labute approximate surface area is 104 Å². The van der Waals surface area contributed by atoms with E-state index in [-0.39, 0.29) is 6.04 Å². The number of para-hydroxylation sites is 1. The van der Waals surface area contributed by atoms with Gasteiger partial charge in [-0.05, 0) is 30.7 Å². The third-order valence-corrected chi connectivity index (χ3v) is 3.06. The van der Waals surface area contributed by atoms with Gasteiger partial charge in [0, 0.05) is 5.39 Å². The number of aryl methyl sites for hydroxylation is 1. The highest BCUT2D eigenvalue weighted by Gasteiger charge is 2.21. The van der Waals surface area contributed by atoms with Gasteiger partial charge in [0.25, 0.3) is 0 Å². The Morgan fingerprint density at radius 3 is 2.72 bits per heavy atom. The van der Waals surface area contributed by atoms with E-state index in [9.17, 15) is 0 Å². The molecule has 4 nitrogen and oxygen atoms in total. The first kappa shape index (κ1) is 11.1. The van der Waals surface area contributed by atoms with Crippen LogP contribution in [-0.2, 0) is 0 Å². The van der Waals surface area contributed by atoms with E-state index in [1.165, 1.54) is 0 Å². The molecule has 0 saturated heterocycles. The Hall–Kier alpha value is -2.04. The standard InChI is InChI=1S/C14H14N2O2/c1-9-6-7-17-14(9)13(16-15)12-8-10-4-2-3-5-11(10)18-12/h2-8,13,16H,15H2,1H3. The Kier molecular flexibility index (Phi) is 2.66. The molecule has 2 heterocycles. The van der Waals surface area contributed by atoms with E-state index in [1.54, 1.807) is 6.26 Å². The Morgan fingerprint density at radius 2 is 2.06 bits per heavy atom. The molecule has 4 heteroatoms. The lowest BCUT2D eigenvalue weighted by molar-refractivity contribution is 0.401. The van der Waals surface area contributed by atoms with Crippen LogP contribution in [0.4, 0.5) is 0 Å². The number of nitrogens with one attached hydrogen (secondary N) is 1. The van der Waals surface area contributed by atoms with E-state index in [4.69, 9.17) is 14.7 Å². The topological polar surface area (TPSA) is 64.3 Å². The van der Waals surface area contributed by atoms with E-state index in [0.717, 1.165) is 28.1 Å². The monoisotopic (exact) mass is 242 g/mol. The molecule has 1 atom stereocenters. The van der Waals surface area contributed by atoms with Gasteiger partial charge in [0.2, 0.25) is 0 Å². The molecule has 1 aromatic carbocycles. The molecule has 0 bridgehead atoms. The molecule has 0 aliphatic heterocycles. The second kappa shape index (κ2) is 4.33. The van der Waals surface area contributed by atoms with E-state index in [2.05, 4.69) is 5.43 Å². The van der Waals surface area contributed by atoms with Crippen LogP contribution in [-0.4, -0.2) is 0 Å². The van der Waals surface area contributed by atoms with E-state index in [0.29, 0.717) is 0 Å². The first-order valence-electron chi connectivity index (χ1n) is 5.78. The summed E-state index contributed by atoms with van der Waals surface area (Å²) < 4.78 is 11.3. The lowest BCUT2D eigenvalue weighted by atomic mass is 10.1. The van der Waals surface area contributed by atoms with Crippen molar-refractivity contribution in [2.24, 2.45) is 5.84 Å². The van der Waals surface area contributed by atoms with Crippen LogP contribution in [0.5, 0.6) is 0 Å². The highest BCUT2D eigenvalue weighted by molar-refractivity contribution is 5.77. The fraction of sp³-hybridized carbons (Fsp3) is 0.143. The minimum Gasteiger partial charge on any atom is -0.467 e. The van der Waals surface area contributed by atoms with Gasteiger partial charge in [-0.15, -0.1) is 0 Å². The highest BCUT2D eigenvalue weighted by atomic mass is 16.4. The van der Waals surface area contributed by atoms with Crippen LogP contribution >= 0.6 is 0 Å². The zero-order valence-electron chi connectivity index (χ0n) is 10.0. The summed E-state index contributed by atoms with van der Waals surface area (Å²) in [6, 6.07) is 11.5. The smallest absolute Gasteiger partial charge is 0.137 e. The molecular formula is C14H14N2O2. The summed E-state index contributed by atoms with van der Waals surface area (Å²) >= 11 is 0. The third kappa shape index (κ3) is 1.72. The number of nitrogens with two attached hydrogens (primary N) is 1. The molecule has 3 N–H and O–H groups in total. The van der Waals surface area contributed by atoms with Crippen molar-refractivity contribution in [1.29, 1.82) is 0 Å². The van der Waals surface area contributed by atoms with Crippen molar-refractivity contribution in [1.82, 2.24) is 5.43 Å². The SMILES string of the molecule is Cc1ccoc1C(NN)c1cc2ccccc2o1. The summed E-state index contributed by atoms with van der Waals surface area (Å²) in [5, 5.41) is 1.05. The molecule has 0 aliphatic carbocycles. The number of hydrogen-bond acceptors (Lipinski definition) is 4. The second-order valence-corrected chi connectivity index (χ2v) is 4.25. The molecule has 0 spiro atoms. The summed E-state index contributed by atoms with van der Waals surface area (Å²) in [6.07, 6.45) is 1.65. The predicted octanol–water partition coefficient (Wildman–Crippen LogP) is 2.89. The van der Waals surface area contributed by atoms with Crippen LogP contribution in [0.1, 0.15) is 23.1 Å². The van der Waals surface area contributed by atoms with Gasteiger partial charge in [0.05, 0.1) is 6.26 Å². The molecule has 0 aliphatic rings. The highest BCUT2D eigenvalue weighted by Crippen LogP contribution is 2.29. The van der Waals surface area contributed by atoms with Crippen LogP contribution in [0.15, 0.2) is 51.5 Å². The molecule has 3 aromatic rings. The van der Waals surface area contributed by atoms with Gasteiger partial charge in [-0.25, -0.2) is 5.43 Å². The van der Waals surface area contributed by atoms with Gasteiger partial charge in [-0.1, -0.05) is 18.2 Å². The molecule has 0 fully saturated rings. The largest absolute Gasteiger partial charge is 0.467 e. The minimum absolute atomic E-state index is 0.271. The van der Waals surface area contributed by atoms with E-state index in [1.807, 2.05) is 43.3 Å². The fourth-order valence-electron chi connectivity index (χ4n) is 2.11. The van der Waals surface area contributed by atoms with Crippen molar-refractivity contribution in [2.45, 2.75) is 13.0 Å². The van der Waals surface area contributed by atoms with Crippen molar-refractivity contribution in [2.75, 3.05) is 0 Å². The summed E-state index contributed by atoms with van der Waals surface area (Å²) in [6.45, 7) is 1.98. The van der Waals surface area contributed by atoms with Crippen molar-refractivity contribution in [3.8, 4) is 0 Å². The average molecular weight is 242 g/mol. The predicted molar refractivity (Wildman–Crippen MR) is 68.8 cm³/mol. The molecule has 0 amide bonds. The van der Waals surface area contributed by atoms with Gasteiger partial charge in [0.15, 0.2) is 0 Å². The van der Waals surface area contributed by atoms with Crippen LogP contribution in [0, 0.1) is 6.92 Å². The number of furan rings is 2.